The average molecular weight is 469 g/mol. The topological polar surface area (TPSA) is 157 Å². The maximum absolute atomic E-state index is 12.5. The number of aliphatic hydroxyl groups is 1. The summed E-state index contributed by atoms with van der Waals surface area (Å²) in [4.78, 5) is 26.6. The highest BCUT2D eigenvalue weighted by atomic mass is 32.2. The van der Waals surface area contributed by atoms with Crippen LogP contribution in [0, 0.1) is 0 Å². The van der Waals surface area contributed by atoms with Crippen molar-refractivity contribution in [3.05, 3.63) is 89.8 Å². The van der Waals surface area contributed by atoms with Crippen molar-refractivity contribution in [2.45, 2.75) is 4.90 Å². The number of phenols is 1. The van der Waals surface area contributed by atoms with Gasteiger partial charge in [0.15, 0.2) is 11.5 Å². The molecule has 0 radical (unpaired) electrons. The molecule has 4 rings (SSSR count). The molecule has 0 unspecified atom stereocenters. The molecule has 33 heavy (non-hydrogen) atoms. The molecule has 0 atom stereocenters. The Morgan fingerprint density at radius 2 is 1.58 bits per heavy atom. The van der Waals surface area contributed by atoms with Gasteiger partial charge in [-0.15, -0.1) is 0 Å². The highest BCUT2D eigenvalue weighted by molar-refractivity contribution is 7.89. The van der Waals surface area contributed by atoms with E-state index >= 15 is 0 Å². The van der Waals surface area contributed by atoms with E-state index in [2.05, 4.69) is 10.3 Å². The molecule has 170 valence electrons. The molecule has 0 spiro atoms. The van der Waals surface area contributed by atoms with Crippen LogP contribution in [-0.4, -0.2) is 52.0 Å². The number of carboxylic acids is 1. The third kappa shape index (κ3) is 4.77. The minimum absolute atomic E-state index is 0.0469. The molecule has 10 nitrogen and oxygen atoms in total. The zero-order valence-corrected chi connectivity index (χ0v) is 18.0. The Hall–Kier alpha value is -4.38. The second-order valence-corrected chi connectivity index (χ2v) is 8.59. The Balaban J connectivity index is 0.000000257. The predicted molar refractivity (Wildman–Crippen MR) is 119 cm³/mol. The van der Waals surface area contributed by atoms with Gasteiger partial charge in [-0.3, -0.25) is 9.10 Å². The number of nitrogens with one attached hydrogen (secondary N) is 1. The monoisotopic (exact) mass is 469 g/mol. The van der Waals surface area contributed by atoms with Crippen molar-refractivity contribution in [2.75, 3.05) is 12.4 Å². The number of aliphatic hydroxyl groups excluding tert-OH is 1. The number of anilines is 1. The van der Waals surface area contributed by atoms with Gasteiger partial charge >= 0.3 is 5.97 Å². The summed E-state index contributed by atoms with van der Waals surface area (Å²) >= 11 is 0. The molecule has 1 aliphatic rings. The van der Waals surface area contributed by atoms with Gasteiger partial charge in [0.25, 0.3) is 15.9 Å². The molecule has 0 aliphatic carbocycles. The predicted octanol–water partition coefficient (Wildman–Crippen LogP) is 2.67. The fraction of sp³-hybridized carbons (Fsp3) is 0.0455. The van der Waals surface area contributed by atoms with Crippen molar-refractivity contribution >= 4 is 33.5 Å². The van der Waals surface area contributed by atoms with Gasteiger partial charge in [0.2, 0.25) is 0 Å². The number of aromatic nitrogens is 1. The van der Waals surface area contributed by atoms with Crippen LogP contribution in [0.1, 0.15) is 15.9 Å². The number of benzene rings is 2. The third-order valence-electron chi connectivity index (χ3n) is 4.58. The van der Waals surface area contributed by atoms with Gasteiger partial charge in [-0.25, -0.2) is 18.2 Å². The number of rotatable bonds is 3. The first-order valence-corrected chi connectivity index (χ1v) is 10.8. The van der Waals surface area contributed by atoms with Gasteiger partial charge in [0, 0.05) is 18.8 Å². The van der Waals surface area contributed by atoms with Crippen LogP contribution < -0.4 is 5.32 Å². The summed E-state index contributed by atoms with van der Waals surface area (Å²) in [6.45, 7) is 0. The minimum Gasteiger partial charge on any atom is -0.507 e. The van der Waals surface area contributed by atoms with Crippen molar-refractivity contribution < 1.29 is 33.3 Å². The van der Waals surface area contributed by atoms with Crippen molar-refractivity contribution in [1.29, 1.82) is 0 Å². The Bertz CT molecular complexity index is 1340. The fourth-order valence-corrected chi connectivity index (χ4v) is 4.35. The Kier molecular flexibility index (Phi) is 6.64. The maximum atomic E-state index is 12.5. The van der Waals surface area contributed by atoms with Crippen LogP contribution in [0.25, 0.3) is 5.76 Å². The van der Waals surface area contributed by atoms with Gasteiger partial charge in [-0.1, -0.05) is 30.3 Å². The quantitative estimate of drug-likeness (QED) is 0.456. The lowest BCUT2D eigenvalue weighted by molar-refractivity contribution is -0.113. The van der Waals surface area contributed by atoms with Crippen molar-refractivity contribution in [3.63, 3.8) is 0 Å². The summed E-state index contributed by atoms with van der Waals surface area (Å²) in [5, 5.41) is 30.1. The van der Waals surface area contributed by atoms with E-state index < -0.39 is 27.7 Å². The van der Waals surface area contributed by atoms with Crippen LogP contribution in [0.4, 0.5) is 5.82 Å². The zero-order valence-electron chi connectivity index (χ0n) is 17.2. The molecule has 2 aromatic carbocycles. The summed E-state index contributed by atoms with van der Waals surface area (Å²) in [7, 11) is -2.69. The van der Waals surface area contributed by atoms with E-state index in [-0.39, 0.29) is 33.3 Å². The number of likely N-dealkylation sites (N-methyl/N-ethyl adjacent to an activating group) is 1. The summed E-state index contributed by atoms with van der Waals surface area (Å²) < 4.78 is 25.8. The summed E-state index contributed by atoms with van der Waals surface area (Å²) in [6, 6.07) is 16.7. The Morgan fingerprint density at radius 1 is 0.939 bits per heavy atom. The molecular weight excluding hydrogens is 450 g/mol. The van der Waals surface area contributed by atoms with Gasteiger partial charge in [0.1, 0.15) is 17.1 Å². The number of carbonyl (C=O) groups excluding carboxylic acids is 1. The molecule has 0 saturated carbocycles. The largest absolute Gasteiger partial charge is 0.507 e. The number of amides is 1. The van der Waals surface area contributed by atoms with Crippen molar-refractivity contribution in [2.24, 2.45) is 0 Å². The lowest BCUT2D eigenvalue weighted by Gasteiger charge is -2.28. The van der Waals surface area contributed by atoms with Gasteiger partial charge in [-0.2, -0.15) is 0 Å². The van der Waals surface area contributed by atoms with Crippen LogP contribution in [-0.2, 0) is 14.8 Å². The second-order valence-electron chi connectivity index (χ2n) is 6.66. The number of pyridine rings is 1. The van der Waals surface area contributed by atoms with Crippen molar-refractivity contribution in [3.8, 4) is 5.75 Å². The number of aromatic carboxylic acids is 1. The van der Waals surface area contributed by atoms with Crippen LogP contribution >= 0.6 is 0 Å². The molecule has 1 aliphatic heterocycles. The highest BCUT2D eigenvalue weighted by Gasteiger charge is 2.37. The Morgan fingerprint density at radius 3 is 2.18 bits per heavy atom. The molecule has 4 N–H and O–H groups in total. The first-order chi connectivity index (χ1) is 15.6. The summed E-state index contributed by atoms with van der Waals surface area (Å²) in [6.07, 6.45) is 1.49. The third-order valence-corrected chi connectivity index (χ3v) is 6.39. The number of sulfonamides is 1. The van der Waals surface area contributed by atoms with Gasteiger partial charge in [-0.05, 0) is 36.4 Å². The fourth-order valence-electron chi connectivity index (χ4n) is 2.95. The number of aromatic hydroxyl groups is 1. The summed E-state index contributed by atoms with van der Waals surface area (Å²) in [5.41, 5.74) is -0.325. The molecule has 1 amide bonds. The standard InChI is InChI=1S/C15H13N3O4S.C7H6O3/c1-18-13(15(20)17-12-8-4-5-9-16-12)14(19)10-6-2-3-7-11(10)23(18,21)22;8-6-4-2-1-3-5(6)7(9)10/h2-9,19H,1H3,(H,16,17,20);1-4,8H,(H,9,10). The van der Waals surface area contributed by atoms with Crippen LogP contribution in [0.3, 0.4) is 0 Å². The van der Waals surface area contributed by atoms with Crippen LogP contribution in [0.2, 0.25) is 0 Å². The van der Waals surface area contributed by atoms with E-state index in [9.17, 15) is 23.1 Å². The smallest absolute Gasteiger partial charge is 0.339 e. The zero-order chi connectivity index (χ0) is 24.2. The van der Waals surface area contributed by atoms with E-state index in [1.165, 1.54) is 37.5 Å². The van der Waals surface area contributed by atoms with E-state index in [0.29, 0.717) is 0 Å². The number of fused-ring (bicyclic) bond motifs is 1. The lowest BCUT2D eigenvalue weighted by Crippen LogP contribution is -2.37. The molecule has 2 heterocycles. The second kappa shape index (κ2) is 9.40. The number of carboxylic acid groups (broad SMARTS) is 1. The number of nitrogens with zero attached hydrogens (tertiary/aromatic N) is 2. The van der Waals surface area contributed by atoms with E-state index in [0.717, 1.165) is 4.31 Å². The number of carbonyl (C=O) groups is 2. The molecule has 11 heteroatoms. The van der Waals surface area contributed by atoms with E-state index in [1.807, 2.05) is 0 Å². The lowest BCUT2D eigenvalue weighted by atomic mass is 10.1. The maximum Gasteiger partial charge on any atom is 0.339 e. The Labute approximate surface area is 189 Å². The molecule has 0 fully saturated rings. The number of para-hydroxylation sites is 1. The first kappa shape index (κ1) is 23.3. The van der Waals surface area contributed by atoms with E-state index in [1.54, 1.807) is 42.5 Å². The molecule has 1 aromatic heterocycles. The average Bonchev–Trinajstić information content (AvgIpc) is 2.79. The molecule has 3 aromatic rings. The molecular formula is C22H19N3O7S. The van der Waals surface area contributed by atoms with E-state index in [4.69, 9.17) is 10.2 Å². The highest BCUT2D eigenvalue weighted by Crippen LogP contribution is 2.34. The summed E-state index contributed by atoms with van der Waals surface area (Å²) in [5.74, 6) is -2.22. The molecule has 0 saturated heterocycles. The van der Waals surface area contributed by atoms with Gasteiger partial charge in [0.05, 0.1) is 4.90 Å². The van der Waals surface area contributed by atoms with Crippen LogP contribution in [0.15, 0.2) is 83.5 Å². The normalized spacial score (nSPS) is 13.9. The SMILES string of the molecule is CN1C(C(=O)Nc2ccccn2)=C(O)c2ccccc2S1(=O)=O.O=C(O)c1ccccc1O. The van der Waals surface area contributed by atoms with Crippen LogP contribution in [0.5, 0.6) is 5.75 Å². The van der Waals surface area contributed by atoms with Gasteiger partial charge < -0.3 is 20.6 Å². The first-order valence-electron chi connectivity index (χ1n) is 9.40. The number of hydrogen-bond donors (Lipinski definition) is 4. The van der Waals surface area contributed by atoms with Crippen molar-refractivity contribution in [1.82, 2.24) is 9.29 Å². The molecule has 0 bridgehead atoms. The minimum atomic E-state index is -3.91. The number of hydrogen-bond acceptors (Lipinski definition) is 7.